The van der Waals surface area contributed by atoms with Crippen LogP contribution < -0.4 is 5.32 Å². The summed E-state index contributed by atoms with van der Waals surface area (Å²) in [6.45, 7) is 6.27. The second-order valence-electron chi connectivity index (χ2n) is 2.70. The molecule has 1 rings (SSSR count). The van der Waals surface area contributed by atoms with E-state index in [9.17, 15) is 0 Å². The maximum absolute atomic E-state index is 3.19. The number of nitrogens with zero attached hydrogens (tertiary/aromatic N) is 1. The molecule has 0 fully saturated rings. The maximum Gasteiger partial charge on any atom is 0.0334 e. The molecule has 10 heavy (non-hydrogen) atoms. The summed E-state index contributed by atoms with van der Waals surface area (Å²) in [4.78, 5) is 2.17. The molecule has 0 unspecified atom stereocenters. The largest absolute Gasteiger partial charge is 0.362 e. The Morgan fingerprint density at radius 1 is 1.30 bits per heavy atom. The lowest BCUT2D eigenvalue weighted by molar-refractivity contribution is 0.491. The Kier molecular flexibility index (Phi) is 1.70. The van der Waals surface area contributed by atoms with Crippen LogP contribution in [0.5, 0.6) is 0 Å². The van der Waals surface area contributed by atoms with Crippen LogP contribution in [-0.2, 0) is 0 Å². The van der Waals surface area contributed by atoms with Crippen molar-refractivity contribution in [2.24, 2.45) is 0 Å². The maximum atomic E-state index is 3.19. The summed E-state index contributed by atoms with van der Waals surface area (Å²) in [6.07, 6.45) is 2.02. The molecule has 1 heterocycles. The summed E-state index contributed by atoms with van der Waals surface area (Å²) in [5.41, 5.74) is 3.77. The van der Waals surface area contributed by atoms with E-state index in [4.69, 9.17) is 0 Å². The summed E-state index contributed by atoms with van der Waals surface area (Å²) < 4.78 is 0. The fourth-order valence-electron chi connectivity index (χ4n) is 0.930. The quantitative estimate of drug-likeness (QED) is 0.547. The van der Waals surface area contributed by atoms with Gasteiger partial charge in [-0.25, -0.2) is 0 Å². The zero-order valence-electron chi connectivity index (χ0n) is 7.02. The Morgan fingerprint density at radius 2 is 1.90 bits per heavy atom. The van der Waals surface area contributed by atoms with E-state index in [1.54, 1.807) is 0 Å². The molecule has 0 spiro atoms. The van der Waals surface area contributed by atoms with E-state index in [0.29, 0.717) is 0 Å². The van der Waals surface area contributed by atoms with Gasteiger partial charge in [-0.15, -0.1) is 0 Å². The van der Waals surface area contributed by atoms with Crippen LogP contribution in [0, 0.1) is 0 Å². The van der Waals surface area contributed by atoms with Gasteiger partial charge >= 0.3 is 0 Å². The molecule has 0 amide bonds. The van der Waals surface area contributed by atoms with Gasteiger partial charge in [0.1, 0.15) is 0 Å². The molecular weight excluding hydrogens is 124 g/mol. The first-order chi connectivity index (χ1) is 4.63. The first-order valence-electron chi connectivity index (χ1n) is 3.47. The minimum atomic E-state index is 1.23. The van der Waals surface area contributed by atoms with Crippen molar-refractivity contribution < 1.29 is 0 Å². The summed E-state index contributed by atoms with van der Waals surface area (Å²) in [5.74, 6) is 0. The highest BCUT2D eigenvalue weighted by Crippen LogP contribution is 2.15. The van der Waals surface area contributed by atoms with Gasteiger partial charge in [-0.2, -0.15) is 0 Å². The molecule has 0 bridgehead atoms. The molecule has 0 saturated heterocycles. The smallest absolute Gasteiger partial charge is 0.0334 e. The molecule has 0 aromatic heterocycles. The zero-order chi connectivity index (χ0) is 7.72. The van der Waals surface area contributed by atoms with Crippen molar-refractivity contribution in [3.63, 3.8) is 0 Å². The first-order valence-corrected chi connectivity index (χ1v) is 3.47. The van der Waals surface area contributed by atoms with Crippen LogP contribution in [0.25, 0.3) is 0 Å². The molecule has 1 N–H and O–H groups in total. The Bertz CT molecular complexity index is 201. The van der Waals surface area contributed by atoms with Gasteiger partial charge in [0.2, 0.25) is 0 Å². The molecule has 56 valence electrons. The summed E-state index contributed by atoms with van der Waals surface area (Å²) in [5, 5.41) is 3.19. The SMILES string of the molecule is CC1=CNC(C)=C(C)N1C. The van der Waals surface area contributed by atoms with Crippen molar-refractivity contribution in [3.8, 4) is 0 Å². The fraction of sp³-hybridized carbons (Fsp3) is 0.500. The molecule has 0 saturated carbocycles. The lowest BCUT2D eigenvalue weighted by Crippen LogP contribution is -2.24. The summed E-state index contributed by atoms with van der Waals surface area (Å²) >= 11 is 0. The van der Waals surface area contributed by atoms with Gasteiger partial charge in [-0.05, 0) is 20.8 Å². The van der Waals surface area contributed by atoms with Gasteiger partial charge in [0, 0.05) is 30.3 Å². The van der Waals surface area contributed by atoms with Crippen LogP contribution >= 0.6 is 0 Å². The van der Waals surface area contributed by atoms with Crippen molar-refractivity contribution in [1.82, 2.24) is 10.2 Å². The van der Waals surface area contributed by atoms with Crippen molar-refractivity contribution in [3.05, 3.63) is 23.3 Å². The summed E-state index contributed by atoms with van der Waals surface area (Å²) in [7, 11) is 2.07. The molecule has 1 aliphatic rings. The van der Waals surface area contributed by atoms with Crippen LogP contribution in [0.4, 0.5) is 0 Å². The van der Waals surface area contributed by atoms with Crippen LogP contribution in [0.2, 0.25) is 0 Å². The van der Waals surface area contributed by atoms with Gasteiger partial charge in [-0.3, -0.25) is 0 Å². The van der Waals surface area contributed by atoms with Gasteiger partial charge in [0.15, 0.2) is 0 Å². The van der Waals surface area contributed by atoms with Crippen LogP contribution in [0.15, 0.2) is 23.3 Å². The predicted molar refractivity (Wildman–Crippen MR) is 43.0 cm³/mol. The minimum absolute atomic E-state index is 1.23. The molecule has 0 aliphatic carbocycles. The van der Waals surface area contributed by atoms with E-state index in [1.165, 1.54) is 17.1 Å². The number of allylic oxidation sites excluding steroid dienone is 3. The Morgan fingerprint density at radius 3 is 2.40 bits per heavy atom. The van der Waals surface area contributed by atoms with Crippen LogP contribution in [0.3, 0.4) is 0 Å². The van der Waals surface area contributed by atoms with Crippen LogP contribution in [0.1, 0.15) is 20.8 Å². The Hall–Kier alpha value is -0.920. The molecule has 2 nitrogen and oxygen atoms in total. The van der Waals surface area contributed by atoms with E-state index in [0.717, 1.165) is 0 Å². The average molecular weight is 138 g/mol. The number of hydrogen-bond donors (Lipinski definition) is 1. The van der Waals surface area contributed by atoms with Crippen molar-refractivity contribution >= 4 is 0 Å². The van der Waals surface area contributed by atoms with Gasteiger partial charge in [0.05, 0.1) is 0 Å². The zero-order valence-corrected chi connectivity index (χ0v) is 7.02. The Balaban J connectivity index is 2.86. The molecule has 0 radical (unpaired) electrons. The topological polar surface area (TPSA) is 15.3 Å². The molecule has 0 aromatic carbocycles. The van der Waals surface area contributed by atoms with Crippen LogP contribution in [-0.4, -0.2) is 11.9 Å². The average Bonchev–Trinajstić information content (AvgIpc) is 1.93. The standard InChI is InChI=1S/C8H14N2/c1-6-5-9-7(2)8(3)10(6)4/h5,9H,1-4H3. The van der Waals surface area contributed by atoms with Gasteiger partial charge in [0.25, 0.3) is 0 Å². The van der Waals surface area contributed by atoms with E-state index in [2.05, 4.69) is 38.0 Å². The molecule has 2 heteroatoms. The Labute approximate surface area is 62.2 Å². The molecule has 0 atom stereocenters. The monoisotopic (exact) mass is 138 g/mol. The third-order valence-electron chi connectivity index (χ3n) is 2.07. The van der Waals surface area contributed by atoms with Crippen molar-refractivity contribution in [2.75, 3.05) is 7.05 Å². The van der Waals surface area contributed by atoms with Crippen molar-refractivity contribution in [2.45, 2.75) is 20.8 Å². The number of hydrogen-bond acceptors (Lipinski definition) is 2. The third kappa shape index (κ3) is 1.01. The lowest BCUT2D eigenvalue weighted by Gasteiger charge is -2.27. The highest BCUT2D eigenvalue weighted by molar-refractivity contribution is 5.20. The first kappa shape index (κ1) is 7.19. The minimum Gasteiger partial charge on any atom is -0.362 e. The predicted octanol–water partition coefficient (Wildman–Crippen LogP) is 1.63. The van der Waals surface area contributed by atoms with Crippen molar-refractivity contribution in [1.29, 1.82) is 0 Å². The molecule has 0 aromatic rings. The number of rotatable bonds is 0. The van der Waals surface area contributed by atoms with E-state index < -0.39 is 0 Å². The second kappa shape index (κ2) is 2.37. The highest BCUT2D eigenvalue weighted by atomic mass is 15.2. The summed E-state index contributed by atoms with van der Waals surface area (Å²) in [6, 6.07) is 0. The normalized spacial score (nSPS) is 18.8. The third-order valence-corrected chi connectivity index (χ3v) is 2.07. The van der Waals surface area contributed by atoms with E-state index >= 15 is 0 Å². The lowest BCUT2D eigenvalue weighted by atomic mass is 10.2. The molecular formula is C8H14N2. The highest BCUT2D eigenvalue weighted by Gasteiger charge is 2.08. The molecule has 1 aliphatic heterocycles. The second-order valence-corrected chi connectivity index (χ2v) is 2.70. The number of nitrogens with one attached hydrogen (secondary N) is 1. The van der Waals surface area contributed by atoms with E-state index in [-0.39, 0.29) is 0 Å². The van der Waals surface area contributed by atoms with E-state index in [1.807, 2.05) is 6.20 Å². The van der Waals surface area contributed by atoms with Gasteiger partial charge < -0.3 is 10.2 Å². The fourth-order valence-corrected chi connectivity index (χ4v) is 0.930. The van der Waals surface area contributed by atoms with Gasteiger partial charge in [-0.1, -0.05) is 0 Å².